The summed E-state index contributed by atoms with van der Waals surface area (Å²) in [7, 11) is 0. The van der Waals surface area contributed by atoms with Crippen molar-refractivity contribution in [3.05, 3.63) is 0 Å². The fraction of sp³-hybridized carbons (Fsp3) is 0.750. The van der Waals surface area contributed by atoms with E-state index >= 15 is 0 Å². The Balaban J connectivity index is 3.27. The summed E-state index contributed by atoms with van der Waals surface area (Å²) in [6.45, 7) is 0.709. The molecule has 2 N–H and O–H groups in total. The molecule has 1 atom stereocenters. The Hall–Kier alpha value is -0.650. The predicted octanol–water partition coefficient (Wildman–Crippen LogP) is -0.643. The number of rotatable bonds is 3. The average Bonchev–Trinajstić information content (AvgIpc) is 1.63. The third kappa shape index (κ3) is 5.22. The van der Waals surface area contributed by atoms with E-state index in [2.05, 4.69) is 9.62 Å². The van der Waals surface area contributed by atoms with Crippen LogP contribution in [0, 0.1) is 0 Å². The van der Waals surface area contributed by atoms with Crippen molar-refractivity contribution in [1.29, 1.82) is 0 Å². The molecule has 9 heavy (non-hydrogen) atoms. The number of aliphatic hydroxyl groups excluding tert-OH is 1. The second-order valence-electron chi connectivity index (χ2n) is 1.36. The maximum absolute atomic E-state index is 10.2. The molecule has 5 heteroatoms. The van der Waals surface area contributed by atoms with Crippen molar-refractivity contribution >= 4 is 5.97 Å². The van der Waals surface area contributed by atoms with Crippen molar-refractivity contribution in [2.45, 2.75) is 13.2 Å². The molecule has 0 heterocycles. The first-order valence-corrected chi connectivity index (χ1v) is 2.30. The Morgan fingerprint density at radius 1 is 1.78 bits per heavy atom. The zero-order valence-corrected chi connectivity index (χ0v) is 4.90. The third-order valence-corrected chi connectivity index (χ3v) is 0.484. The van der Waals surface area contributed by atoms with Crippen molar-refractivity contribution in [3.8, 4) is 0 Å². The Morgan fingerprint density at radius 2 is 2.33 bits per heavy atom. The summed E-state index contributed by atoms with van der Waals surface area (Å²) in [5.41, 5.74) is 0. The lowest BCUT2D eigenvalue weighted by atomic mass is 10.7. The lowest BCUT2D eigenvalue weighted by Gasteiger charge is -2.03. The molecule has 0 bridgehead atoms. The molecule has 0 saturated carbocycles. The van der Waals surface area contributed by atoms with E-state index in [0.29, 0.717) is 0 Å². The van der Waals surface area contributed by atoms with E-state index in [9.17, 15) is 4.79 Å². The van der Waals surface area contributed by atoms with Gasteiger partial charge in [0.1, 0.15) is 0 Å². The summed E-state index contributed by atoms with van der Waals surface area (Å²) < 4.78 is 4.12. The van der Waals surface area contributed by atoms with Gasteiger partial charge in [0.05, 0.1) is 0 Å². The first kappa shape index (κ1) is 8.35. The molecular weight excluding hydrogens is 128 g/mol. The van der Waals surface area contributed by atoms with Crippen LogP contribution >= 0.6 is 0 Å². The van der Waals surface area contributed by atoms with Gasteiger partial charge in [-0.2, -0.15) is 0 Å². The van der Waals surface area contributed by atoms with Crippen molar-refractivity contribution in [3.63, 3.8) is 0 Å². The van der Waals surface area contributed by atoms with Gasteiger partial charge >= 0.3 is 5.97 Å². The number of carbonyl (C=O) groups is 1. The molecule has 0 saturated heterocycles. The lowest BCUT2D eigenvalue weighted by Crippen LogP contribution is -2.17. The van der Waals surface area contributed by atoms with Crippen molar-refractivity contribution in [2.24, 2.45) is 0 Å². The summed E-state index contributed by atoms with van der Waals surface area (Å²) in [6.07, 6.45) is -1.16. The van der Waals surface area contributed by atoms with Crippen LogP contribution in [-0.2, 0) is 14.4 Å². The SMILES string of the molecule is CC(O)OC(=O)COO. The number of ether oxygens (including phenoxy) is 1. The van der Waals surface area contributed by atoms with E-state index in [4.69, 9.17) is 10.4 Å². The van der Waals surface area contributed by atoms with Gasteiger partial charge in [-0.1, -0.05) is 0 Å². The van der Waals surface area contributed by atoms with E-state index in [1.54, 1.807) is 0 Å². The van der Waals surface area contributed by atoms with Gasteiger partial charge in [-0.25, -0.2) is 9.68 Å². The maximum Gasteiger partial charge on any atom is 0.337 e. The van der Waals surface area contributed by atoms with Crippen LogP contribution < -0.4 is 0 Å². The summed E-state index contributed by atoms with van der Waals surface area (Å²) in [6, 6.07) is 0. The van der Waals surface area contributed by atoms with Gasteiger partial charge in [-0.3, -0.25) is 5.26 Å². The van der Waals surface area contributed by atoms with Crippen LogP contribution in [-0.4, -0.2) is 29.2 Å². The summed E-state index contributed by atoms with van der Waals surface area (Å²) >= 11 is 0. The highest BCUT2D eigenvalue weighted by Crippen LogP contribution is 1.84. The molecule has 0 aromatic carbocycles. The minimum atomic E-state index is -1.16. The highest BCUT2D eigenvalue weighted by atomic mass is 17.1. The molecule has 0 aliphatic carbocycles. The fourth-order valence-corrected chi connectivity index (χ4v) is 0.277. The van der Waals surface area contributed by atoms with E-state index in [-0.39, 0.29) is 0 Å². The number of aliphatic hydroxyl groups is 1. The summed E-state index contributed by atoms with van der Waals surface area (Å²) in [5.74, 6) is -0.813. The maximum atomic E-state index is 10.2. The number of carbonyl (C=O) groups excluding carboxylic acids is 1. The summed E-state index contributed by atoms with van der Waals surface area (Å²) in [5, 5.41) is 16.0. The van der Waals surface area contributed by atoms with Gasteiger partial charge in [0.2, 0.25) is 0 Å². The standard InChI is InChI=1S/C4H8O5/c1-3(5)9-4(6)2-8-7/h3,5,7H,2H2,1H3. The molecule has 0 rings (SSSR count). The predicted molar refractivity (Wildman–Crippen MR) is 26.4 cm³/mol. The van der Waals surface area contributed by atoms with Crippen LogP contribution in [0.3, 0.4) is 0 Å². The van der Waals surface area contributed by atoms with Crippen LogP contribution in [0.25, 0.3) is 0 Å². The summed E-state index contributed by atoms with van der Waals surface area (Å²) in [4.78, 5) is 13.6. The monoisotopic (exact) mass is 136 g/mol. The van der Waals surface area contributed by atoms with E-state index in [0.717, 1.165) is 0 Å². The smallest absolute Gasteiger partial charge is 0.337 e. The zero-order chi connectivity index (χ0) is 7.28. The van der Waals surface area contributed by atoms with Crippen LogP contribution in [0.4, 0.5) is 0 Å². The molecule has 0 fully saturated rings. The minimum Gasteiger partial charge on any atom is -0.434 e. The van der Waals surface area contributed by atoms with Gasteiger partial charge in [0.25, 0.3) is 0 Å². The fourth-order valence-electron chi connectivity index (χ4n) is 0.277. The number of esters is 1. The molecule has 0 aliphatic rings. The van der Waals surface area contributed by atoms with E-state index in [1.807, 2.05) is 0 Å². The van der Waals surface area contributed by atoms with Crippen LogP contribution in [0.15, 0.2) is 0 Å². The molecule has 1 unspecified atom stereocenters. The van der Waals surface area contributed by atoms with Crippen LogP contribution in [0.5, 0.6) is 0 Å². The Labute approximate surface area is 51.7 Å². The topological polar surface area (TPSA) is 76.0 Å². The molecule has 0 spiro atoms. The molecule has 54 valence electrons. The average molecular weight is 136 g/mol. The molecule has 0 aromatic heterocycles. The molecule has 0 amide bonds. The number of hydrogen-bond donors (Lipinski definition) is 2. The second kappa shape index (κ2) is 4.25. The lowest BCUT2D eigenvalue weighted by molar-refractivity contribution is -0.249. The first-order chi connectivity index (χ1) is 4.16. The van der Waals surface area contributed by atoms with Gasteiger partial charge in [0, 0.05) is 0 Å². The Morgan fingerprint density at radius 3 is 2.67 bits per heavy atom. The quantitative estimate of drug-likeness (QED) is 0.233. The Bertz CT molecular complexity index is 89.0. The minimum absolute atomic E-state index is 0.565. The second-order valence-corrected chi connectivity index (χ2v) is 1.36. The molecule has 5 nitrogen and oxygen atoms in total. The van der Waals surface area contributed by atoms with Gasteiger partial charge in [-0.15, -0.1) is 0 Å². The van der Waals surface area contributed by atoms with Crippen LogP contribution in [0.1, 0.15) is 6.92 Å². The highest BCUT2D eigenvalue weighted by Gasteiger charge is 2.04. The molecule has 0 radical (unpaired) electrons. The first-order valence-electron chi connectivity index (χ1n) is 2.30. The molecular formula is C4H8O5. The van der Waals surface area contributed by atoms with Crippen molar-refractivity contribution < 1.29 is 24.8 Å². The number of hydrogen-bond acceptors (Lipinski definition) is 5. The largest absolute Gasteiger partial charge is 0.434 e. The molecule has 0 aliphatic heterocycles. The Kier molecular flexibility index (Phi) is 3.94. The van der Waals surface area contributed by atoms with E-state index < -0.39 is 18.9 Å². The normalized spacial score (nSPS) is 12.8. The van der Waals surface area contributed by atoms with Gasteiger partial charge < -0.3 is 9.84 Å². The third-order valence-electron chi connectivity index (χ3n) is 0.484. The van der Waals surface area contributed by atoms with Gasteiger partial charge in [0.15, 0.2) is 12.9 Å². The van der Waals surface area contributed by atoms with Crippen LogP contribution in [0.2, 0.25) is 0 Å². The highest BCUT2D eigenvalue weighted by molar-refractivity contribution is 5.70. The molecule has 0 aromatic rings. The zero-order valence-electron chi connectivity index (χ0n) is 4.90. The van der Waals surface area contributed by atoms with E-state index in [1.165, 1.54) is 6.92 Å². The van der Waals surface area contributed by atoms with Crippen molar-refractivity contribution in [2.75, 3.05) is 6.61 Å². The van der Waals surface area contributed by atoms with Gasteiger partial charge in [-0.05, 0) is 6.92 Å². The van der Waals surface area contributed by atoms with Crippen molar-refractivity contribution in [1.82, 2.24) is 0 Å².